The molecule has 0 radical (unpaired) electrons. The first kappa shape index (κ1) is 20.7. The van der Waals surface area contributed by atoms with Crippen LogP contribution in [-0.4, -0.2) is 19.0 Å². The number of ether oxygens (including phenoxy) is 2. The smallest absolute Gasteiger partial charge is 0.308 e. The zero-order valence-electron chi connectivity index (χ0n) is 15.6. The molecule has 0 atom stereocenters. The van der Waals surface area contributed by atoms with Gasteiger partial charge >= 0.3 is 5.97 Å². The molecule has 0 unspecified atom stereocenters. The van der Waals surface area contributed by atoms with E-state index in [0.29, 0.717) is 30.4 Å². The predicted octanol–water partition coefficient (Wildman–Crippen LogP) is 4.01. The number of methoxy groups -OCH3 is 1. The van der Waals surface area contributed by atoms with Gasteiger partial charge in [0, 0.05) is 19.9 Å². The number of hydrogen-bond donors (Lipinski definition) is 1. The normalized spacial score (nSPS) is 10.9. The van der Waals surface area contributed by atoms with Crippen molar-refractivity contribution in [2.75, 3.05) is 7.11 Å². The first-order valence-corrected chi connectivity index (χ1v) is 8.71. The van der Waals surface area contributed by atoms with Crippen LogP contribution in [0.4, 0.5) is 0 Å². The van der Waals surface area contributed by atoms with Crippen molar-refractivity contribution in [1.29, 1.82) is 0 Å². The van der Waals surface area contributed by atoms with E-state index < -0.39 is 5.97 Å². The van der Waals surface area contributed by atoms with Crippen LogP contribution < -0.4 is 14.8 Å². The third-order valence-corrected chi connectivity index (χ3v) is 3.52. The molecule has 1 aromatic rings. The van der Waals surface area contributed by atoms with Crippen molar-refractivity contribution >= 4 is 11.9 Å². The quantitative estimate of drug-likeness (QED) is 0.301. The van der Waals surface area contributed by atoms with Gasteiger partial charge in [-0.3, -0.25) is 9.59 Å². The van der Waals surface area contributed by atoms with E-state index in [1.807, 2.05) is 0 Å². The minimum absolute atomic E-state index is 0.0378. The Balaban J connectivity index is 2.37. The first-order valence-electron chi connectivity index (χ1n) is 8.71. The second-order valence-electron chi connectivity index (χ2n) is 6.27. The van der Waals surface area contributed by atoms with Crippen molar-refractivity contribution in [2.24, 2.45) is 5.92 Å². The summed E-state index contributed by atoms with van der Waals surface area (Å²) in [5, 5.41) is 2.90. The Labute approximate surface area is 150 Å². The van der Waals surface area contributed by atoms with Crippen LogP contribution in [0.1, 0.15) is 52.0 Å². The van der Waals surface area contributed by atoms with E-state index in [1.165, 1.54) is 14.0 Å². The van der Waals surface area contributed by atoms with Gasteiger partial charge in [-0.15, -0.1) is 0 Å². The van der Waals surface area contributed by atoms with Gasteiger partial charge in [0.2, 0.25) is 5.91 Å². The Morgan fingerprint density at radius 2 is 1.96 bits per heavy atom. The second-order valence-corrected chi connectivity index (χ2v) is 6.27. The number of hydrogen-bond acceptors (Lipinski definition) is 4. The molecule has 0 aliphatic rings. The maximum Gasteiger partial charge on any atom is 0.308 e. The summed E-state index contributed by atoms with van der Waals surface area (Å²) >= 11 is 0. The van der Waals surface area contributed by atoms with E-state index in [9.17, 15) is 9.59 Å². The van der Waals surface area contributed by atoms with Crippen LogP contribution in [0.25, 0.3) is 0 Å². The van der Waals surface area contributed by atoms with Gasteiger partial charge in [0.05, 0.1) is 7.11 Å². The molecule has 138 valence electrons. The second kappa shape index (κ2) is 11.3. The molecule has 25 heavy (non-hydrogen) atoms. The molecule has 5 nitrogen and oxygen atoms in total. The Bertz CT molecular complexity index is 593. The van der Waals surface area contributed by atoms with Gasteiger partial charge in [0.1, 0.15) is 0 Å². The molecule has 1 aromatic carbocycles. The fraction of sp³-hybridized carbons (Fsp3) is 0.500. The lowest BCUT2D eigenvalue weighted by Crippen LogP contribution is -2.22. The minimum atomic E-state index is -0.400. The molecule has 0 aromatic heterocycles. The molecule has 0 heterocycles. The van der Waals surface area contributed by atoms with Crippen LogP contribution in [0.15, 0.2) is 30.4 Å². The number of benzene rings is 1. The van der Waals surface area contributed by atoms with Gasteiger partial charge in [-0.2, -0.15) is 0 Å². The SMILES string of the molecule is COc1cc(CNC(=O)CCCCC=CC(C)C)ccc1OC(C)=O. The van der Waals surface area contributed by atoms with Gasteiger partial charge in [0.15, 0.2) is 11.5 Å². The summed E-state index contributed by atoms with van der Waals surface area (Å²) in [4.78, 5) is 22.9. The lowest BCUT2D eigenvalue weighted by atomic mass is 10.1. The summed E-state index contributed by atoms with van der Waals surface area (Å²) in [5.41, 5.74) is 0.890. The maximum atomic E-state index is 11.9. The van der Waals surface area contributed by atoms with Crippen molar-refractivity contribution in [3.8, 4) is 11.5 Å². The van der Waals surface area contributed by atoms with Crippen LogP contribution >= 0.6 is 0 Å². The third kappa shape index (κ3) is 8.94. The van der Waals surface area contributed by atoms with Crippen LogP contribution in [0.2, 0.25) is 0 Å². The monoisotopic (exact) mass is 347 g/mol. The highest BCUT2D eigenvalue weighted by Gasteiger charge is 2.09. The number of esters is 1. The lowest BCUT2D eigenvalue weighted by molar-refractivity contribution is -0.132. The van der Waals surface area contributed by atoms with E-state index >= 15 is 0 Å². The third-order valence-electron chi connectivity index (χ3n) is 3.52. The molecule has 5 heteroatoms. The summed E-state index contributed by atoms with van der Waals surface area (Å²) in [7, 11) is 1.51. The van der Waals surface area contributed by atoms with Crippen molar-refractivity contribution in [1.82, 2.24) is 5.32 Å². The van der Waals surface area contributed by atoms with Crippen LogP contribution in [0, 0.1) is 5.92 Å². The fourth-order valence-corrected chi connectivity index (χ4v) is 2.27. The van der Waals surface area contributed by atoms with Crippen molar-refractivity contribution in [2.45, 2.75) is 53.0 Å². The number of nitrogens with one attached hydrogen (secondary N) is 1. The lowest BCUT2D eigenvalue weighted by Gasteiger charge is -2.10. The zero-order valence-corrected chi connectivity index (χ0v) is 15.6. The highest BCUT2D eigenvalue weighted by Crippen LogP contribution is 2.28. The Morgan fingerprint density at radius 1 is 1.20 bits per heavy atom. The summed E-state index contributed by atoms with van der Waals surface area (Å²) < 4.78 is 10.3. The van der Waals surface area contributed by atoms with Gasteiger partial charge in [-0.05, 0) is 42.9 Å². The number of carbonyl (C=O) groups is 2. The molecule has 1 rings (SSSR count). The van der Waals surface area contributed by atoms with Crippen LogP contribution in [0.5, 0.6) is 11.5 Å². The zero-order chi connectivity index (χ0) is 18.7. The first-order chi connectivity index (χ1) is 11.9. The van der Waals surface area contributed by atoms with Gasteiger partial charge in [-0.1, -0.05) is 32.1 Å². The number of amides is 1. The molecule has 0 fully saturated rings. The van der Waals surface area contributed by atoms with Gasteiger partial charge in [0.25, 0.3) is 0 Å². The van der Waals surface area contributed by atoms with Crippen molar-refractivity contribution in [3.05, 3.63) is 35.9 Å². The molecule has 0 bridgehead atoms. The molecule has 0 spiro atoms. The van der Waals surface area contributed by atoms with Gasteiger partial charge < -0.3 is 14.8 Å². The van der Waals surface area contributed by atoms with Crippen LogP contribution in [-0.2, 0) is 16.1 Å². The van der Waals surface area contributed by atoms with E-state index in [-0.39, 0.29) is 5.91 Å². The molecule has 1 amide bonds. The van der Waals surface area contributed by atoms with E-state index in [1.54, 1.807) is 18.2 Å². The average Bonchev–Trinajstić information content (AvgIpc) is 2.56. The maximum absolute atomic E-state index is 11.9. The largest absolute Gasteiger partial charge is 0.493 e. The Kier molecular flexibility index (Phi) is 9.37. The summed E-state index contributed by atoms with van der Waals surface area (Å²) in [6.45, 7) is 6.06. The number of rotatable bonds is 10. The average molecular weight is 347 g/mol. The minimum Gasteiger partial charge on any atom is -0.493 e. The highest BCUT2D eigenvalue weighted by atomic mass is 16.6. The van der Waals surface area contributed by atoms with E-state index in [2.05, 4.69) is 31.3 Å². The van der Waals surface area contributed by atoms with E-state index in [4.69, 9.17) is 9.47 Å². The highest BCUT2D eigenvalue weighted by molar-refractivity contribution is 5.75. The Morgan fingerprint density at radius 3 is 2.60 bits per heavy atom. The van der Waals surface area contributed by atoms with Gasteiger partial charge in [-0.25, -0.2) is 0 Å². The predicted molar refractivity (Wildman–Crippen MR) is 98.6 cm³/mol. The Hall–Kier alpha value is -2.30. The molecule has 0 aliphatic carbocycles. The number of unbranched alkanes of at least 4 members (excludes halogenated alkanes) is 2. The van der Waals surface area contributed by atoms with Crippen molar-refractivity contribution in [3.63, 3.8) is 0 Å². The standard InChI is InChI=1S/C20H29NO4/c1-15(2)9-7-5-6-8-10-20(23)21-14-17-11-12-18(25-16(3)22)19(13-17)24-4/h7,9,11-13,15H,5-6,8,10,14H2,1-4H3,(H,21,23). The molecule has 0 saturated carbocycles. The number of carbonyl (C=O) groups excluding carboxylic acids is 2. The fourth-order valence-electron chi connectivity index (χ4n) is 2.27. The molecule has 1 N–H and O–H groups in total. The van der Waals surface area contributed by atoms with E-state index in [0.717, 1.165) is 24.8 Å². The summed E-state index contributed by atoms with van der Waals surface area (Å²) in [5.74, 6) is 1.06. The van der Waals surface area contributed by atoms with Crippen molar-refractivity contribution < 1.29 is 19.1 Å². The summed E-state index contributed by atoms with van der Waals surface area (Å²) in [6, 6.07) is 5.23. The summed E-state index contributed by atoms with van der Waals surface area (Å²) in [6.07, 6.45) is 7.80. The molecular weight excluding hydrogens is 318 g/mol. The molecular formula is C20H29NO4. The topological polar surface area (TPSA) is 64.6 Å². The molecule has 0 saturated heterocycles. The molecule has 0 aliphatic heterocycles. The number of allylic oxidation sites excluding steroid dienone is 2. The van der Waals surface area contributed by atoms with Crippen LogP contribution in [0.3, 0.4) is 0 Å².